The van der Waals surface area contributed by atoms with E-state index in [1.807, 2.05) is 25.1 Å². The molecule has 0 heterocycles. The van der Waals surface area contributed by atoms with Crippen LogP contribution in [0.1, 0.15) is 25.0 Å². The molecular weight excluding hydrogens is 590 g/mol. The molecule has 0 aliphatic rings. The van der Waals surface area contributed by atoms with Gasteiger partial charge in [0.1, 0.15) is 18.9 Å². The Morgan fingerprint density at radius 1 is 0.837 bits per heavy atom. The first-order valence-corrected chi connectivity index (χ1v) is 15.4. The summed E-state index contributed by atoms with van der Waals surface area (Å²) < 4.78 is 45.6. The Labute approximate surface area is 256 Å². The van der Waals surface area contributed by atoms with Crippen molar-refractivity contribution in [3.8, 4) is 17.2 Å². The molecule has 0 aromatic heterocycles. The van der Waals surface area contributed by atoms with E-state index in [9.17, 15) is 13.2 Å². The second kappa shape index (κ2) is 15.1. The van der Waals surface area contributed by atoms with E-state index in [0.717, 1.165) is 9.87 Å². The van der Waals surface area contributed by atoms with Crippen LogP contribution in [0, 0.1) is 0 Å². The van der Waals surface area contributed by atoms with Crippen LogP contribution >= 0.6 is 11.6 Å². The maximum absolute atomic E-state index is 13.6. The molecule has 0 aliphatic heterocycles. The average molecular weight is 622 g/mol. The lowest BCUT2D eigenvalue weighted by Gasteiger charge is -2.25. The quantitative estimate of drug-likeness (QED) is 0.135. The standard InChI is InChI=1S/C32H32ClN3O6S/c1-3-40-29-16-9-8-15-28(29)36(43(38,39)27-13-6-5-7-14-27)22-32(37)35-34-21-24-17-18-30(31(20-24)41-4-2)42-23-25-11-10-12-26(33)19-25/h5-21H,3-4,22-23H2,1-2H3,(H,35,37)/b34-21-. The largest absolute Gasteiger partial charge is 0.492 e. The van der Waals surface area contributed by atoms with Crippen molar-refractivity contribution in [2.75, 3.05) is 24.1 Å². The van der Waals surface area contributed by atoms with Crippen LogP contribution < -0.4 is 23.9 Å². The maximum atomic E-state index is 13.6. The third kappa shape index (κ3) is 8.50. The smallest absolute Gasteiger partial charge is 0.264 e. The van der Waals surface area contributed by atoms with Crippen molar-refractivity contribution in [3.05, 3.63) is 113 Å². The van der Waals surface area contributed by atoms with E-state index in [1.54, 1.807) is 73.7 Å². The van der Waals surface area contributed by atoms with E-state index in [-0.39, 0.29) is 10.6 Å². The Kier molecular flexibility index (Phi) is 11.0. The summed E-state index contributed by atoms with van der Waals surface area (Å²) >= 11 is 6.07. The van der Waals surface area contributed by atoms with Crippen molar-refractivity contribution in [2.24, 2.45) is 5.10 Å². The zero-order valence-corrected chi connectivity index (χ0v) is 25.3. The molecule has 224 valence electrons. The molecular formula is C32H32ClN3O6S. The Hall–Kier alpha value is -4.54. The van der Waals surface area contributed by atoms with Gasteiger partial charge in [0.2, 0.25) is 0 Å². The monoisotopic (exact) mass is 621 g/mol. The van der Waals surface area contributed by atoms with Crippen LogP contribution in [0.15, 0.2) is 107 Å². The molecule has 4 aromatic rings. The number of hydrogen-bond acceptors (Lipinski definition) is 7. The summed E-state index contributed by atoms with van der Waals surface area (Å²) in [6.45, 7) is 4.17. The normalized spacial score (nSPS) is 11.2. The lowest BCUT2D eigenvalue weighted by atomic mass is 10.2. The van der Waals surface area contributed by atoms with Crippen molar-refractivity contribution in [1.82, 2.24) is 5.43 Å². The van der Waals surface area contributed by atoms with Crippen LogP contribution in [0.25, 0.3) is 0 Å². The van der Waals surface area contributed by atoms with Crippen LogP contribution in [-0.2, 0) is 21.4 Å². The number of nitrogens with one attached hydrogen (secondary N) is 1. The second-order valence-corrected chi connectivity index (χ2v) is 11.4. The molecule has 9 nitrogen and oxygen atoms in total. The van der Waals surface area contributed by atoms with Crippen LogP contribution in [-0.4, -0.2) is 40.3 Å². The van der Waals surface area contributed by atoms with E-state index in [1.165, 1.54) is 18.3 Å². The van der Waals surface area contributed by atoms with E-state index >= 15 is 0 Å². The molecule has 0 atom stereocenters. The van der Waals surface area contributed by atoms with Crippen molar-refractivity contribution in [3.63, 3.8) is 0 Å². The minimum atomic E-state index is -4.11. The van der Waals surface area contributed by atoms with Gasteiger partial charge < -0.3 is 14.2 Å². The third-order valence-electron chi connectivity index (χ3n) is 6.01. The van der Waals surface area contributed by atoms with Crippen molar-refractivity contribution in [1.29, 1.82) is 0 Å². The molecule has 1 N–H and O–H groups in total. The number of para-hydroxylation sites is 2. The number of halogens is 1. The van der Waals surface area contributed by atoms with Gasteiger partial charge in [-0.3, -0.25) is 9.10 Å². The van der Waals surface area contributed by atoms with Gasteiger partial charge in [0.05, 0.1) is 30.0 Å². The van der Waals surface area contributed by atoms with Crippen LogP contribution in [0.5, 0.6) is 17.2 Å². The molecule has 0 bridgehead atoms. The first kappa shape index (κ1) is 31.4. The van der Waals surface area contributed by atoms with Gasteiger partial charge in [0, 0.05) is 5.02 Å². The molecule has 43 heavy (non-hydrogen) atoms. The highest BCUT2D eigenvalue weighted by molar-refractivity contribution is 7.92. The summed E-state index contributed by atoms with van der Waals surface area (Å²) in [5.74, 6) is 0.737. The van der Waals surface area contributed by atoms with Gasteiger partial charge in [-0.2, -0.15) is 5.10 Å². The predicted molar refractivity (Wildman–Crippen MR) is 168 cm³/mol. The number of hydrogen-bond donors (Lipinski definition) is 1. The van der Waals surface area contributed by atoms with Gasteiger partial charge in [-0.05, 0) is 79.6 Å². The van der Waals surface area contributed by atoms with Gasteiger partial charge in [0.25, 0.3) is 15.9 Å². The van der Waals surface area contributed by atoms with E-state index in [4.69, 9.17) is 25.8 Å². The minimum absolute atomic E-state index is 0.0405. The zero-order valence-electron chi connectivity index (χ0n) is 23.8. The molecule has 0 saturated heterocycles. The van der Waals surface area contributed by atoms with Gasteiger partial charge in [-0.25, -0.2) is 13.8 Å². The fourth-order valence-electron chi connectivity index (χ4n) is 4.09. The Bertz CT molecular complexity index is 1660. The molecule has 1 amide bonds. The van der Waals surface area contributed by atoms with Gasteiger partial charge >= 0.3 is 0 Å². The Balaban J connectivity index is 1.49. The van der Waals surface area contributed by atoms with Gasteiger partial charge in [-0.1, -0.05) is 54.1 Å². The van der Waals surface area contributed by atoms with Gasteiger partial charge in [0.15, 0.2) is 11.5 Å². The summed E-state index contributed by atoms with van der Waals surface area (Å²) in [6, 6.07) is 27.2. The van der Waals surface area contributed by atoms with Gasteiger partial charge in [-0.15, -0.1) is 0 Å². The molecule has 11 heteroatoms. The molecule has 0 aliphatic carbocycles. The minimum Gasteiger partial charge on any atom is -0.492 e. The molecule has 0 radical (unpaired) electrons. The lowest BCUT2D eigenvalue weighted by Crippen LogP contribution is -2.39. The Morgan fingerprint density at radius 2 is 1.56 bits per heavy atom. The summed E-state index contributed by atoms with van der Waals surface area (Å²) in [5, 5.41) is 4.67. The molecule has 0 fully saturated rings. The van der Waals surface area contributed by atoms with Crippen LogP contribution in [0.2, 0.25) is 5.02 Å². The SMILES string of the molecule is CCOc1cc(/C=N\NC(=O)CN(c2ccccc2OCC)S(=O)(=O)c2ccccc2)ccc1OCc1cccc(Cl)c1. The lowest BCUT2D eigenvalue weighted by molar-refractivity contribution is -0.119. The number of carbonyl (C=O) groups is 1. The number of nitrogens with zero attached hydrogens (tertiary/aromatic N) is 2. The number of anilines is 1. The first-order chi connectivity index (χ1) is 20.8. The first-order valence-electron chi connectivity index (χ1n) is 13.6. The molecule has 4 aromatic carbocycles. The number of ether oxygens (including phenoxy) is 3. The summed E-state index contributed by atoms with van der Waals surface area (Å²) in [7, 11) is -4.11. The number of benzene rings is 4. The summed E-state index contributed by atoms with van der Waals surface area (Å²) in [5.41, 5.74) is 4.21. The highest BCUT2D eigenvalue weighted by Gasteiger charge is 2.29. The fraction of sp³-hybridized carbons (Fsp3) is 0.188. The third-order valence-corrected chi connectivity index (χ3v) is 8.02. The number of sulfonamides is 1. The van der Waals surface area contributed by atoms with Crippen LogP contribution in [0.3, 0.4) is 0 Å². The molecule has 0 unspecified atom stereocenters. The molecule has 0 spiro atoms. The second-order valence-electron chi connectivity index (χ2n) is 9.08. The number of amides is 1. The van der Waals surface area contributed by atoms with Crippen molar-refractivity contribution >= 4 is 39.4 Å². The average Bonchev–Trinajstić information content (AvgIpc) is 3.01. The number of hydrazone groups is 1. The topological polar surface area (TPSA) is 107 Å². The zero-order chi connectivity index (χ0) is 30.7. The van der Waals surface area contributed by atoms with E-state index in [2.05, 4.69) is 10.5 Å². The fourth-order valence-corrected chi connectivity index (χ4v) is 5.75. The molecule has 4 rings (SSSR count). The predicted octanol–water partition coefficient (Wildman–Crippen LogP) is 6.06. The Morgan fingerprint density at radius 3 is 2.30 bits per heavy atom. The summed E-state index contributed by atoms with van der Waals surface area (Å²) in [4.78, 5) is 13.0. The maximum Gasteiger partial charge on any atom is 0.264 e. The van der Waals surface area contributed by atoms with Crippen molar-refractivity contribution < 1.29 is 27.4 Å². The van der Waals surface area contributed by atoms with Crippen LogP contribution in [0.4, 0.5) is 5.69 Å². The highest BCUT2D eigenvalue weighted by atomic mass is 35.5. The van der Waals surface area contributed by atoms with Crippen molar-refractivity contribution in [2.45, 2.75) is 25.3 Å². The number of rotatable bonds is 14. The van der Waals surface area contributed by atoms with E-state index in [0.29, 0.717) is 47.7 Å². The number of carbonyl (C=O) groups excluding carboxylic acids is 1. The summed E-state index contributed by atoms with van der Waals surface area (Å²) in [6.07, 6.45) is 1.44. The molecule has 0 saturated carbocycles. The van der Waals surface area contributed by atoms with E-state index < -0.39 is 22.5 Å². The highest BCUT2D eigenvalue weighted by Crippen LogP contribution is 2.32.